The van der Waals surface area contributed by atoms with E-state index in [9.17, 15) is 9.59 Å². The average molecular weight is 242 g/mol. The standard InChI is InChI=1S/C11H18N2O4/c1-5-16-10(14)9(11(15)17-6-2)7-12-8-13(3)4/h7-8H,5-6H2,1-4H3. The van der Waals surface area contributed by atoms with E-state index in [4.69, 9.17) is 9.47 Å². The van der Waals surface area contributed by atoms with Gasteiger partial charge in [-0.3, -0.25) is 0 Å². The van der Waals surface area contributed by atoms with Gasteiger partial charge in [0.15, 0.2) is 5.57 Å². The van der Waals surface area contributed by atoms with E-state index in [0.717, 1.165) is 6.20 Å². The highest BCUT2D eigenvalue weighted by Crippen LogP contribution is 2.02. The van der Waals surface area contributed by atoms with Crippen LogP contribution in [0.15, 0.2) is 16.8 Å². The zero-order chi connectivity index (χ0) is 13.3. The van der Waals surface area contributed by atoms with E-state index in [1.807, 2.05) is 0 Å². The zero-order valence-corrected chi connectivity index (χ0v) is 10.6. The van der Waals surface area contributed by atoms with Crippen molar-refractivity contribution in [1.29, 1.82) is 0 Å². The number of rotatable bonds is 6. The fourth-order valence-electron chi connectivity index (χ4n) is 0.848. The van der Waals surface area contributed by atoms with Crippen molar-refractivity contribution in [3.8, 4) is 0 Å². The van der Waals surface area contributed by atoms with Crippen molar-refractivity contribution < 1.29 is 19.1 Å². The van der Waals surface area contributed by atoms with E-state index < -0.39 is 11.9 Å². The first-order valence-electron chi connectivity index (χ1n) is 5.27. The number of esters is 2. The van der Waals surface area contributed by atoms with E-state index in [-0.39, 0.29) is 18.8 Å². The maximum atomic E-state index is 11.5. The highest BCUT2D eigenvalue weighted by molar-refractivity contribution is 6.14. The van der Waals surface area contributed by atoms with Gasteiger partial charge in [0, 0.05) is 14.1 Å². The lowest BCUT2D eigenvalue weighted by atomic mass is 10.3. The number of hydrogen-bond donors (Lipinski definition) is 0. The van der Waals surface area contributed by atoms with Crippen LogP contribution in [0.5, 0.6) is 0 Å². The van der Waals surface area contributed by atoms with Crippen molar-refractivity contribution in [2.24, 2.45) is 4.99 Å². The lowest BCUT2D eigenvalue weighted by Gasteiger charge is -2.05. The summed E-state index contributed by atoms with van der Waals surface area (Å²) in [6.07, 6.45) is 2.59. The van der Waals surface area contributed by atoms with Gasteiger partial charge in [0.25, 0.3) is 0 Å². The van der Waals surface area contributed by atoms with Crippen LogP contribution in [-0.2, 0) is 19.1 Å². The summed E-state index contributed by atoms with van der Waals surface area (Å²) in [6.45, 7) is 3.69. The second-order valence-electron chi connectivity index (χ2n) is 3.21. The van der Waals surface area contributed by atoms with Gasteiger partial charge in [-0.25, -0.2) is 14.6 Å². The molecule has 0 aliphatic carbocycles. The molecule has 0 N–H and O–H groups in total. The first kappa shape index (κ1) is 15.2. The molecule has 0 rings (SSSR count). The molecule has 0 aromatic carbocycles. The Morgan fingerprint density at radius 3 is 1.94 bits per heavy atom. The SMILES string of the molecule is CCOC(=O)C(=CN=CN(C)C)C(=O)OCC. The molecule has 0 fully saturated rings. The average Bonchev–Trinajstić information content (AvgIpc) is 2.24. The molecule has 0 saturated carbocycles. The third-order valence-electron chi connectivity index (χ3n) is 1.49. The largest absolute Gasteiger partial charge is 0.462 e. The minimum absolute atomic E-state index is 0.187. The maximum Gasteiger partial charge on any atom is 0.347 e. The highest BCUT2D eigenvalue weighted by atomic mass is 16.6. The van der Waals surface area contributed by atoms with Crippen LogP contribution < -0.4 is 0 Å². The highest BCUT2D eigenvalue weighted by Gasteiger charge is 2.20. The summed E-state index contributed by atoms with van der Waals surface area (Å²) in [5, 5.41) is 0. The van der Waals surface area contributed by atoms with Crippen molar-refractivity contribution in [1.82, 2.24) is 4.90 Å². The van der Waals surface area contributed by atoms with Crippen LogP contribution in [0.4, 0.5) is 0 Å². The third-order valence-corrected chi connectivity index (χ3v) is 1.49. The fraction of sp³-hybridized carbons (Fsp3) is 0.545. The van der Waals surface area contributed by atoms with Crippen LogP contribution in [0.1, 0.15) is 13.8 Å². The van der Waals surface area contributed by atoms with Crippen LogP contribution in [0.25, 0.3) is 0 Å². The summed E-state index contributed by atoms with van der Waals surface area (Å²) in [7, 11) is 3.54. The van der Waals surface area contributed by atoms with E-state index in [2.05, 4.69) is 4.99 Å². The molecule has 0 spiro atoms. The second-order valence-corrected chi connectivity index (χ2v) is 3.21. The third kappa shape index (κ3) is 6.34. The molecule has 0 aromatic heterocycles. The van der Waals surface area contributed by atoms with Gasteiger partial charge in [0.1, 0.15) is 0 Å². The lowest BCUT2D eigenvalue weighted by molar-refractivity contribution is -0.146. The molecule has 6 heteroatoms. The Balaban J connectivity index is 4.84. The molecule has 0 radical (unpaired) electrons. The van der Waals surface area contributed by atoms with Crippen LogP contribution in [0.2, 0.25) is 0 Å². The zero-order valence-electron chi connectivity index (χ0n) is 10.6. The molecular formula is C11H18N2O4. The lowest BCUT2D eigenvalue weighted by Crippen LogP contribution is -2.18. The maximum absolute atomic E-state index is 11.5. The Morgan fingerprint density at radius 1 is 1.12 bits per heavy atom. The Kier molecular flexibility index (Phi) is 7.41. The van der Waals surface area contributed by atoms with Crippen molar-refractivity contribution in [3.05, 3.63) is 11.8 Å². The molecule has 0 aliphatic heterocycles. The molecule has 0 atom stereocenters. The Hall–Kier alpha value is -1.85. The second kappa shape index (κ2) is 8.32. The number of carbonyl (C=O) groups excluding carboxylic acids is 2. The first-order chi connectivity index (χ1) is 8.02. The summed E-state index contributed by atoms with van der Waals surface area (Å²) >= 11 is 0. The molecule has 6 nitrogen and oxygen atoms in total. The Labute approximate surface area is 101 Å². The predicted molar refractivity (Wildman–Crippen MR) is 63.5 cm³/mol. The summed E-state index contributed by atoms with van der Waals surface area (Å²) in [4.78, 5) is 28.4. The predicted octanol–water partition coefficient (Wildman–Crippen LogP) is 0.586. The van der Waals surface area contributed by atoms with Crippen molar-refractivity contribution >= 4 is 18.3 Å². The molecule has 0 heterocycles. The van der Waals surface area contributed by atoms with Crippen LogP contribution in [0, 0.1) is 0 Å². The smallest absolute Gasteiger partial charge is 0.347 e. The van der Waals surface area contributed by atoms with Crippen molar-refractivity contribution in [2.75, 3.05) is 27.3 Å². The number of ether oxygens (including phenoxy) is 2. The number of hydrogen-bond acceptors (Lipinski definition) is 5. The molecule has 0 saturated heterocycles. The van der Waals surface area contributed by atoms with Crippen LogP contribution >= 0.6 is 0 Å². The molecule has 96 valence electrons. The molecular weight excluding hydrogens is 224 g/mol. The molecule has 0 aliphatic rings. The van der Waals surface area contributed by atoms with Gasteiger partial charge in [0.05, 0.1) is 25.8 Å². The van der Waals surface area contributed by atoms with Crippen LogP contribution in [0.3, 0.4) is 0 Å². The summed E-state index contributed by atoms with van der Waals surface area (Å²) in [5.74, 6) is -1.47. The Morgan fingerprint density at radius 2 is 1.59 bits per heavy atom. The van der Waals surface area contributed by atoms with Crippen LogP contribution in [-0.4, -0.2) is 50.5 Å². The molecule has 0 bridgehead atoms. The molecule has 0 aromatic rings. The van der Waals surface area contributed by atoms with Gasteiger partial charge in [-0.1, -0.05) is 0 Å². The minimum atomic E-state index is -0.734. The normalized spacial score (nSPS) is 9.88. The summed E-state index contributed by atoms with van der Waals surface area (Å²) in [5.41, 5.74) is -0.216. The van der Waals surface area contributed by atoms with Gasteiger partial charge in [-0.2, -0.15) is 0 Å². The quantitative estimate of drug-likeness (QED) is 0.170. The van der Waals surface area contributed by atoms with E-state index in [0.29, 0.717) is 0 Å². The van der Waals surface area contributed by atoms with Gasteiger partial charge in [-0.05, 0) is 13.8 Å². The molecule has 17 heavy (non-hydrogen) atoms. The van der Waals surface area contributed by atoms with Gasteiger partial charge >= 0.3 is 11.9 Å². The topological polar surface area (TPSA) is 68.2 Å². The molecule has 0 unspecified atom stereocenters. The van der Waals surface area contributed by atoms with Crippen molar-refractivity contribution in [2.45, 2.75) is 13.8 Å². The Bertz CT molecular complexity index is 301. The molecule has 0 amide bonds. The van der Waals surface area contributed by atoms with Gasteiger partial charge < -0.3 is 14.4 Å². The summed E-state index contributed by atoms with van der Waals surface area (Å²) in [6, 6.07) is 0. The van der Waals surface area contributed by atoms with E-state index >= 15 is 0 Å². The first-order valence-corrected chi connectivity index (χ1v) is 5.27. The van der Waals surface area contributed by atoms with Crippen molar-refractivity contribution in [3.63, 3.8) is 0 Å². The monoisotopic (exact) mass is 242 g/mol. The van der Waals surface area contributed by atoms with Gasteiger partial charge in [0.2, 0.25) is 0 Å². The number of nitrogens with zero attached hydrogens (tertiary/aromatic N) is 2. The van der Waals surface area contributed by atoms with E-state index in [1.165, 1.54) is 6.34 Å². The number of aliphatic imine (C=N–C) groups is 1. The minimum Gasteiger partial charge on any atom is -0.462 e. The van der Waals surface area contributed by atoms with Gasteiger partial charge in [-0.15, -0.1) is 0 Å². The van der Waals surface area contributed by atoms with E-state index in [1.54, 1.807) is 32.8 Å². The number of carbonyl (C=O) groups is 2. The fourth-order valence-corrected chi connectivity index (χ4v) is 0.848. The summed E-state index contributed by atoms with van der Waals surface area (Å²) < 4.78 is 9.47.